The predicted octanol–water partition coefficient (Wildman–Crippen LogP) is 2.60. The Morgan fingerprint density at radius 1 is 1.56 bits per heavy atom. The second-order valence-corrected chi connectivity index (χ2v) is 4.29. The summed E-state index contributed by atoms with van der Waals surface area (Å²) in [6.07, 6.45) is 1.76. The summed E-state index contributed by atoms with van der Waals surface area (Å²) in [4.78, 5) is 1.95. The van der Waals surface area contributed by atoms with E-state index in [0.29, 0.717) is 19.6 Å². The topological polar surface area (TPSA) is 12.5 Å². The van der Waals surface area contributed by atoms with Crippen LogP contribution in [0.4, 0.5) is 10.1 Å². The average Bonchev–Trinajstić information content (AvgIpc) is 2.77. The molecule has 2 heterocycles. The molecule has 0 spiro atoms. The van der Waals surface area contributed by atoms with Gasteiger partial charge in [0.2, 0.25) is 0 Å². The Hall–Kier alpha value is -1.35. The highest BCUT2D eigenvalue weighted by Gasteiger charge is 2.55. The van der Waals surface area contributed by atoms with Crippen molar-refractivity contribution < 1.29 is 9.13 Å². The molecule has 0 saturated carbocycles. The average molecular weight is 219 g/mol. The molecule has 0 aromatic heterocycles. The second kappa shape index (κ2) is 3.32. The zero-order valence-corrected chi connectivity index (χ0v) is 9.03. The van der Waals surface area contributed by atoms with E-state index in [2.05, 4.69) is 6.58 Å². The largest absolute Gasteiger partial charge is 0.354 e. The summed E-state index contributed by atoms with van der Waals surface area (Å²) in [5, 5.41) is 0. The third kappa shape index (κ3) is 1.09. The molecule has 2 atom stereocenters. The number of alkyl halides is 1. The van der Waals surface area contributed by atoms with Crippen LogP contribution in [0.2, 0.25) is 0 Å². The molecule has 84 valence electrons. The molecule has 0 aliphatic carbocycles. The van der Waals surface area contributed by atoms with E-state index >= 15 is 0 Å². The van der Waals surface area contributed by atoms with Gasteiger partial charge in [-0.1, -0.05) is 24.3 Å². The second-order valence-electron chi connectivity index (χ2n) is 4.29. The van der Waals surface area contributed by atoms with Crippen LogP contribution in [0.15, 0.2) is 36.9 Å². The maximum atomic E-state index is 14.9. The summed E-state index contributed by atoms with van der Waals surface area (Å²) in [6, 6.07) is 7.62. The summed E-state index contributed by atoms with van der Waals surface area (Å²) < 4.78 is 20.4. The van der Waals surface area contributed by atoms with Crippen LogP contribution in [0, 0.1) is 0 Å². The normalized spacial score (nSPS) is 31.3. The van der Waals surface area contributed by atoms with Gasteiger partial charge >= 0.3 is 0 Å². The first-order valence-corrected chi connectivity index (χ1v) is 5.55. The SMILES string of the molecule is C=CCN1c2ccccc2[C@]2(F)CCO[C@H]12. The van der Waals surface area contributed by atoms with E-state index in [-0.39, 0.29) is 0 Å². The molecule has 1 aromatic rings. The van der Waals surface area contributed by atoms with Crippen molar-refractivity contribution in [3.05, 3.63) is 42.5 Å². The fourth-order valence-electron chi connectivity index (χ4n) is 2.71. The van der Waals surface area contributed by atoms with Crippen LogP contribution in [0.1, 0.15) is 12.0 Å². The molecule has 2 aliphatic heterocycles. The third-order valence-corrected chi connectivity index (χ3v) is 3.40. The molecule has 2 aliphatic rings. The zero-order valence-electron chi connectivity index (χ0n) is 9.03. The molecule has 0 N–H and O–H groups in total. The lowest BCUT2D eigenvalue weighted by Gasteiger charge is -2.26. The number of hydrogen-bond donors (Lipinski definition) is 0. The number of anilines is 1. The van der Waals surface area contributed by atoms with Gasteiger partial charge in [-0.15, -0.1) is 6.58 Å². The van der Waals surface area contributed by atoms with Crippen LogP contribution in [0.25, 0.3) is 0 Å². The number of rotatable bonds is 2. The minimum Gasteiger partial charge on any atom is -0.354 e. The highest BCUT2D eigenvalue weighted by molar-refractivity contribution is 5.63. The lowest BCUT2D eigenvalue weighted by atomic mass is 9.95. The number of benzene rings is 1. The van der Waals surface area contributed by atoms with Crippen LogP contribution in [0.3, 0.4) is 0 Å². The number of fused-ring (bicyclic) bond motifs is 3. The lowest BCUT2D eigenvalue weighted by molar-refractivity contribution is 0.0323. The van der Waals surface area contributed by atoms with Crippen molar-refractivity contribution in [3.63, 3.8) is 0 Å². The molecular weight excluding hydrogens is 205 g/mol. The molecule has 16 heavy (non-hydrogen) atoms. The number of nitrogens with zero attached hydrogens (tertiary/aromatic N) is 1. The Morgan fingerprint density at radius 3 is 3.19 bits per heavy atom. The highest BCUT2D eigenvalue weighted by atomic mass is 19.1. The maximum absolute atomic E-state index is 14.9. The predicted molar refractivity (Wildman–Crippen MR) is 61.1 cm³/mol. The molecule has 2 nitrogen and oxygen atoms in total. The molecule has 0 radical (unpaired) electrons. The van der Waals surface area contributed by atoms with Crippen LogP contribution >= 0.6 is 0 Å². The van der Waals surface area contributed by atoms with Crippen molar-refractivity contribution in [2.45, 2.75) is 18.3 Å². The summed E-state index contributed by atoms with van der Waals surface area (Å²) in [5.41, 5.74) is 0.369. The quantitative estimate of drug-likeness (QED) is 0.709. The van der Waals surface area contributed by atoms with E-state index in [1.165, 1.54) is 0 Å². The number of para-hydroxylation sites is 1. The van der Waals surface area contributed by atoms with Crippen LogP contribution in [-0.2, 0) is 10.4 Å². The fraction of sp³-hybridized carbons (Fsp3) is 0.385. The lowest BCUT2D eigenvalue weighted by Crippen LogP contribution is -2.39. The van der Waals surface area contributed by atoms with Gasteiger partial charge in [0.25, 0.3) is 0 Å². The molecular formula is C13H14FNO. The minimum absolute atomic E-state index is 0.447. The molecule has 1 fully saturated rings. The molecule has 0 amide bonds. The van der Waals surface area contributed by atoms with Gasteiger partial charge in [-0.05, 0) is 6.07 Å². The van der Waals surface area contributed by atoms with Crippen molar-refractivity contribution in [2.24, 2.45) is 0 Å². The summed E-state index contributed by atoms with van der Waals surface area (Å²) in [5.74, 6) is 0. The van der Waals surface area contributed by atoms with Crippen LogP contribution in [-0.4, -0.2) is 19.4 Å². The van der Waals surface area contributed by atoms with Gasteiger partial charge in [0, 0.05) is 24.2 Å². The van der Waals surface area contributed by atoms with Crippen molar-refractivity contribution in [2.75, 3.05) is 18.1 Å². The number of ether oxygens (including phenoxy) is 1. The van der Waals surface area contributed by atoms with Gasteiger partial charge in [-0.3, -0.25) is 0 Å². The molecule has 3 heteroatoms. The highest BCUT2D eigenvalue weighted by Crippen LogP contribution is 2.51. The Bertz CT molecular complexity index is 434. The van der Waals surface area contributed by atoms with Gasteiger partial charge in [-0.25, -0.2) is 4.39 Å². The van der Waals surface area contributed by atoms with Crippen LogP contribution in [0.5, 0.6) is 0 Å². The summed E-state index contributed by atoms with van der Waals surface area (Å²) in [6.45, 7) is 4.82. The Labute approximate surface area is 94.3 Å². The standard InChI is InChI=1S/C13H14FNO/c1-2-8-15-11-6-4-3-5-10(11)13(14)7-9-16-12(13)15/h2-6,12H,1,7-9H2/t12-,13+/m0/s1. The van der Waals surface area contributed by atoms with Crippen molar-refractivity contribution in [1.29, 1.82) is 0 Å². The van der Waals surface area contributed by atoms with Gasteiger partial charge in [0.05, 0.1) is 6.61 Å². The molecule has 0 bridgehead atoms. The van der Waals surface area contributed by atoms with Gasteiger partial charge in [0.15, 0.2) is 11.9 Å². The van der Waals surface area contributed by atoms with Crippen LogP contribution < -0.4 is 4.90 Å². The first kappa shape index (κ1) is 9.85. The van der Waals surface area contributed by atoms with E-state index in [1.54, 1.807) is 6.08 Å². The molecule has 0 unspecified atom stereocenters. The third-order valence-electron chi connectivity index (χ3n) is 3.40. The van der Waals surface area contributed by atoms with E-state index in [4.69, 9.17) is 4.74 Å². The van der Waals surface area contributed by atoms with Gasteiger partial charge in [0.1, 0.15) is 0 Å². The minimum atomic E-state index is -1.33. The summed E-state index contributed by atoms with van der Waals surface area (Å²) >= 11 is 0. The van der Waals surface area contributed by atoms with Gasteiger partial charge < -0.3 is 9.64 Å². The number of hydrogen-bond acceptors (Lipinski definition) is 2. The van der Waals surface area contributed by atoms with E-state index < -0.39 is 11.9 Å². The Balaban J connectivity index is 2.13. The molecule has 3 rings (SSSR count). The maximum Gasteiger partial charge on any atom is 0.184 e. The van der Waals surface area contributed by atoms with E-state index in [9.17, 15) is 4.39 Å². The monoisotopic (exact) mass is 219 g/mol. The Morgan fingerprint density at radius 2 is 2.38 bits per heavy atom. The smallest absolute Gasteiger partial charge is 0.184 e. The zero-order chi connectivity index (χ0) is 11.2. The number of halogens is 1. The first-order valence-electron chi connectivity index (χ1n) is 5.55. The van der Waals surface area contributed by atoms with E-state index in [1.807, 2.05) is 29.2 Å². The molecule has 1 saturated heterocycles. The Kier molecular flexibility index (Phi) is 2.04. The fourth-order valence-corrected chi connectivity index (χ4v) is 2.71. The molecule has 1 aromatic carbocycles. The van der Waals surface area contributed by atoms with Crippen molar-refractivity contribution in [3.8, 4) is 0 Å². The van der Waals surface area contributed by atoms with Crippen molar-refractivity contribution >= 4 is 5.69 Å². The van der Waals surface area contributed by atoms with Gasteiger partial charge in [-0.2, -0.15) is 0 Å². The van der Waals surface area contributed by atoms with Crippen molar-refractivity contribution in [1.82, 2.24) is 0 Å². The summed E-state index contributed by atoms with van der Waals surface area (Å²) in [7, 11) is 0. The van der Waals surface area contributed by atoms with E-state index in [0.717, 1.165) is 11.3 Å². The first-order chi connectivity index (χ1) is 7.77.